The number of rotatable bonds is 2. The van der Waals surface area contributed by atoms with Gasteiger partial charge in [-0.25, -0.2) is 14.4 Å². The number of fused-ring (bicyclic) bond motifs is 4. The van der Waals surface area contributed by atoms with E-state index in [9.17, 15) is 4.79 Å². The van der Waals surface area contributed by atoms with Crippen LogP contribution in [0.15, 0.2) is 60.8 Å². The molecule has 36 heavy (non-hydrogen) atoms. The normalized spacial score (nSPS) is 22.9. The molecule has 0 radical (unpaired) electrons. The van der Waals surface area contributed by atoms with E-state index in [1.165, 1.54) is 6.07 Å². The summed E-state index contributed by atoms with van der Waals surface area (Å²) in [6, 6.07) is 16.7. The number of pyridine rings is 1. The molecule has 3 atom stereocenters. The summed E-state index contributed by atoms with van der Waals surface area (Å²) in [5, 5.41) is 0.967. The molecule has 0 aliphatic heterocycles. The molecule has 0 spiro atoms. The number of ketones is 1. The summed E-state index contributed by atoms with van der Waals surface area (Å²) in [6.07, 6.45) is 4.72. The van der Waals surface area contributed by atoms with Crippen molar-refractivity contribution in [2.24, 2.45) is 11.8 Å². The Bertz CT molecular complexity index is 1440. The number of Topliss-reactive ketones (excluding diaryl/α,β-unsaturated/α-hetero) is 1. The van der Waals surface area contributed by atoms with Gasteiger partial charge in [-0.3, -0.25) is 9.78 Å². The molecule has 2 aromatic heterocycles. The highest BCUT2D eigenvalue weighted by atomic mass is 19.1. The Morgan fingerprint density at radius 1 is 0.944 bits per heavy atom. The predicted molar refractivity (Wildman–Crippen MR) is 142 cm³/mol. The minimum absolute atomic E-state index is 0.00369. The third-order valence-corrected chi connectivity index (χ3v) is 8.09. The van der Waals surface area contributed by atoms with E-state index in [-0.39, 0.29) is 23.1 Å². The number of hydrogen-bond donors (Lipinski definition) is 0. The van der Waals surface area contributed by atoms with Crippen molar-refractivity contribution in [3.63, 3.8) is 0 Å². The molecule has 1 unspecified atom stereocenters. The van der Waals surface area contributed by atoms with Gasteiger partial charge in [0.1, 0.15) is 11.6 Å². The number of carbonyl (C=O) groups is 1. The topological polar surface area (TPSA) is 55.7 Å². The van der Waals surface area contributed by atoms with E-state index in [4.69, 9.17) is 9.97 Å². The Kier molecular flexibility index (Phi) is 6.42. The summed E-state index contributed by atoms with van der Waals surface area (Å²) in [7, 11) is 0. The highest BCUT2D eigenvalue weighted by molar-refractivity contribution is 5.93. The quantitative estimate of drug-likeness (QED) is 0.300. The van der Waals surface area contributed by atoms with Gasteiger partial charge in [0.2, 0.25) is 0 Å². The van der Waals surface area contributed by atoms with Gasteiger partial charge in [-0.1, -0.05) is 58.0 Å². The first-order valence-corrected chi connectivity index (χ1v) is 13.0. The molecule has 0 N–H and O–H groups in total. The molecule has 184 valence electrons. The Morgan fingerprint density at radius 3 is 2.50 bits per heavy atom. The van der Waals surface area contributed by atoms with Gasteiger partial charge in [-0.15, -0.1) is 0 Å². The lowest BCUT2D eigenvalue weighted by atomic mass is 9.56. The average molecular weight is 482 g/mol. The van der Waals surface area contributed by atoms with Crippen LogP contribution in [0.1, 0.15) is 58.2 Å². The molecule has 2 aliphatic rings. The third-order valence-electron chi connectivity index (χ3n) is 8.09. The first-order chi connectivity index (χ1) is 17.5. The zero-order chi connectivity index (χ0) is 25.4. The Labute approximate surface area is 212 Å². The molecular formula is C31H32FN3O. The van der Waals surface area contributed by atoms with Gasteiger partial charge >= 0.3 is 0 Å². The van der Waals surface area contributed by atoms with Crippen LogP contribution in [0, 0.1) is 17.7 Å². The fourth-order valence-corrected chi connectivity index (χ4v) is 6.21. The molecule has 0 bridgehead atoms. The van der Waals surface area contributed by atoms with Gasteiger partial charge in [0.05, 0.1) is 16.9 Å². The summed E-state index contributed by atoms with van der Waals surface area (Å²) in [5.41, 5.74) is 4.68. The molecule has 2 heterocycles. The van der Waals surface area contributed by atoms with Crippen LogP contribution in [0.5, 0.6) is 0 Å². The number of nitrogens with zero attached hydrogens (tertiary/aromatic N) is 3. The van der Waals surface area contributed by atoms with Gasteiger partial charge < -0.3 is 0 Å². The first-order valence-electron chi connectivity index (χ1n) is 13.0. The van der Waals surface area contributed by atoms with E-state index in [2.05, 4.69) is 18.8 Å². The van der Waals surface area contributed by atoms with Crippen molar-refractivity contribution in [1.29, 1.82) is 0 Å². The fourth-order valence-electron chi connectivity index (χ4n) is 6.21. The number of halogens is 1. The molecule has 1 saturated carbocycles. The van der Waals surface area contributed by atoms with E-state index in [0.717, 1.165) is 47.0 Å². The maximum atomic E-state index is 15.1. The van der Waals surface area contributed by atoms with E-state index >= 15 is 4.39 Å². The molecule has 2 aromatic carbocycles. The number of hydrogen-bond acceptors (Lipinski definition) is 4. The fraction of sp³-hybridized carbons (Fsp3) is 0.355. The monoisotopic (exact) mass is 481 g/mol. The second-order valence-corrected chi connectivity index (χ2v) is 9.90. The number of para-hydroxylation sites is 1. The summed E-state index contributed by atoms with van der Waals surface area (Å²) in [6.45, 7) is 8.30. The standard InChI is InChI=1S/C29H26FN3O.C2H6/c1-17-22-12-11-21-26(20-8-3-5-9-23(20)30)32-28(33-27(21)29(22,2)15-13-25(17)34)19-14-16-31-24-10-6-4-7-18(19)24;1-2/h3-10,14,16-17,22H,11-13,15H2,1-2H3;1-2H3/t17?,22-,29+;/m0./s1. The van der Waals surface area contributed by atoms with Gasteiger partial charge in [0.25, 0.3) is 0 Å². The summed E-state index contributed by atoms with van der Waals surface area (Å²) >= 11 is 0. The van der Waals surface area contributed by atoms with Crippen LogP contribution >= 0.6 is 0 Å². The third kappa shape index (κ3) is 3.82. The molecule has 4 nitrogen and oxygen atoms in total. The van der Waals surface area contributed by atoms with Crippen LogP contribution in [0.4, 0.5) is 4.39 Å². The first kappa shape index (κ1) is 24.2. The minimum atomic E-state index is -0.284. The highest BCUT2D eigenvalue weighted by Gasteiger charge is 2.49. The van der Waals surface area contributed by atoms with Crippen molar-refractivity contribution in [2.75, 3.05) is 0 Å². The van der Waals surface area contributed by atoms with Crippen LogP contribution in [-0.4, -0.2) is 20.7 Å². The zero-order valence-electron chi connectivity index (χ0n) is 21.4. The molecule has 6 rings (SSSR count). The number of aromatic nitrogens is 3. The largest absolute Gasteiger partial charge is 0.299 e. The average Bonchev–Trinajstić information content (AvgIpc) is 2.92. The lowest BCUT2D eigenvalue weighted by molar-refractivity contribution is -0.128. The number of benzene rings is 2. The van der Waals surface area contributed by atoms with Crippen molar-refractivity contribution >= 4 is 16.7 Å². The smallest absolute Gasteiger partial charge is 0.160 e. The number of carbonyl (C=O) groups excluding carboxylic acids is 1. The Morgan fingerprint density at radius 2 is 1.69 bits per heavy atom. The second-order valence-electron chi connectivity index (χ2n) is 9.90. The SMILES string of the molecule is CC.CC1C(=O)CC[C@@]2(C)c3nc(-c4ccnc5ccccc45)nc(-c4ccccc4F)c3CC[C@@H]12. The van der Waals surface area contributed by atoms with E-state index < -0.39 is 0 Å². The summed E-state index contributed by atoms with van der Waals surface area (Å²) in [5.74, 6) is 0.876. The van der Waals surface area contributed by atoms with Crippen LogP contribution in [0.2, 0.25) is 0 Å². The van der Waals surface area contributed by atoms with Crippen molar-refractivity contribution < 1.29 is 9.18 Å². The van der Waals surface area contributed by atoms with Crippen molar-refractivity contribution in [2.45, 2.75) is 58.8 Å². The van der Waals surface area contributed by atoms with E-state index in [0.29, 0.717) is 29.3 Å². The van der Waals surface area contributed by atoms with Crippen LogP contribution in [0.25, 0.3) is 33.5 Å². The zero-order valence-corrected chi connectivity index (χ0v) is 21.4. The van der Waals surface area contributed by atoms with Crippen molar-refractivity contribution in [3.8, 4) is 22.6 Å². The van der Waals surface area contributed by atoms with E-state index in [1.807, 2.05) is 50.2 Å². The maximum absolute atomic E-state index is 15.1. The lowest BCUT2D eigenvalue weighted by Gasteiger charge is -2.48. The van der Waals surface area contributed by atoms with Crippen LogP contribution in [-0.2, 0) is 16.6 Å². The van der Waals surface area contributed by atoms with Gasteiger partial charge in [0.15, 0.2) is 5.82 Å². The van der Waals surface area contributed by atoms with Crippen molar-refractivity contribution in [3.05, 3.63) is 77.9 Å². The maximum Gasteiger partial charge on any atom is 0.160 e. The molecular weight excluding hydrogens is 449 g/mol. The molecule has 0 amide bonds. The van der Waals surface area contributed by atoms with Gasteiger partial charge in [-0.05, 0) is 49.4 Å². The Balaban J connectivity index is 0.00000130. The Hall–Kier alpha value is -3.47. The molecule has 2 aliphatic carbocycles. The molecule has 0 saturated heterocycles. The molecule has 5 heteroatoms. The van der Waals surface area contributed by atoms with Crippen LogP contribution < -0.4 is 0 Å². The lowest BCUT2D eigenvalue weighted by Crippen LogP contribution is -2.47. The van der Waals surface area contributed by atoms with Crippen molar-refractivity contribution in [1.82, 2.24) is 15.0 Å². The van der Waals surface area contributed by atoms with Gasteiger partial charge in [0, 0.05) is 46.0 Å². The van der Waals surface area contributed by atoms with E-state index in [1.54, 1.807) is 18.3 Å². The summed E-state index contributed by atoms with van der Waals surface area (Å²) < 4.78 is 15.1. The highest BCUT2D eigenvalue weighted by Crippen LogP contribution is 2.52. The van der Waals surface area contributed by atoms with Crippen LogP contribution in [0.3, 0.4) is 0 Å². The molecule has 4 aromatic rings. The minimum Gasteiger partial charge on any atom is -0.299 e. The predicted octanol–water partition coefficient (Wildman–Crippen LogP) is 7.34. The van der Waals surface area contributed by atoms with Gasteiger partial charge in [-0.2, -0.15) is 0 Å². The second kappa shape index (κ2) is 9.53. The summed E-state index contributed by atoms with van der Waals surface area (Å²) in [4.78, 5) is 27.3. The molecule has 1 fully saturated rings.